The fraction of sp³-hybridized carbons (Fsp3) is 0.750. The molecule has 0 aliphatic rings. The molecule has 0 unspecified atom stereocenters. The molecule has 4 heteroatoms. The molecular formula is C32H72Y4-8. The number of rotatable bonds is 12. The van der Waals surface area contributed by atoms with Crippen molar-refractivity contribution in [1.82, 2.24) is 0 Å². The van der Waals surface area contributed by atoms with E-state index in [4.69, 9.17) is 0 Å². The summed E-state index contributed by atoms with van der Waals surface area (Å²) in [7, 11) is 0. The molecule has 0 aliphatic heterocycles. The molecule has 36 heavy (non-hydrogen) atoms. The predicted octanol–water partition coefficient (Wildman–Crippen LogP) is 13.0. The van der Waals surface area contributed by atoms with Crippen molar-refractivity contribution in [2.75, 3.05) is 0 Å². The van der Waals surface area contributed by atoms with Crippen LogP contribution in [0.25, 0.3) is 0 Å². The largest absolute Gasteiger partial charge is 0.343 e. The van der Waals surface area contributed by atoms with Gasteiger partial charge in [-0.05, 0) is 0 Å². The molecular weight excluding hydrogens is 740 g/mol. The van der Waals surface area contributed by atoms with Gasteiger partial charge in [0.05, 0.1) is 0 Å². The Morgan fingerprint density at radius 2 is 0.444 bits per heavy atom. The van der Waals surface area contributed by atoms with E-state index in [2.05, 4.69) is 81.1 Å². The first-order chi connectivity index (χ1) is 15.7. The summed E-state index contributed by atoms with van der Waals surface area (Å²) in [5.74, 6) is 0. The second-order valence-electron chi connectivity index (χ2n) is 5.62. The van der Waals surface area contributed by atoms with Gasteiger partial charge in [0, 0.05) is 131 Å². The first-order valence-electron chi connectivity index (χ1n) is 13.9. The Balaban J connectivity index is -0.0000000188. The zero-order valence-corrected chi connectivity index (χ0v) is 39.3. The molecule has 4 radical (unpaired) electrons. The Morgan fingerprint density at radius 3 is 0.472 bits per heavy atom. The van der Waals surface area contributed by atoms with E-state index in [0.717, 1.165) is 25.7 Å². The Kier molecular flexibility index (Phi) is 301. The molecule has 0 aromatic carbocycles. The van der Waals surface area contributed by atoms with Crippen LogP contribution in [0.1, 0.15) is 160 Å². The Morgan fingerprint density at radius 1 is 0.333 bits per heavy atom. The van der Waals surface area contributed by atoms with E-state index in [1.807, 2.05) is 55.4 Å². The van der Waals surface area contributed by atoms with Gasteiger partial charge in [-0.25, -0.2) is 0 Å². The molecule has 0 heterocycles. The quantitative estimate of drug-likeness (QED) is 0.136. The van der Waals surface area contributed by atoms with Crippen LogP contribution in [-0.4, -0.2) is 0 Å². The molecule has 0 aromatic rings. The maximum Gasteiger partial charge on any atom is 0 e. The molecule has 220 valence electrons. The van der Waals surface area contributed by atoms with Crippen LogP contribution in [0, 0.1) is 53.4 Å². The van der Waals surface area contributed by atoms with Crippen LogP contribution in [0.2, 0.25) is 0 Å². The minimum Gasteiger partial charge on any atom is -0.343 e. The van der Waals surface area contributed by atoms with Crippen LogP contribution in [-0.2, 0) is 131 Å². The van der Waals surface area contributed by atoms with E-state index < -0.39 is 0 Å². The van der Waals surface area contributed by atoms with Gasteiger partial charge in [-0.15, -0.1) is 25.7 Å². The van der Waals surface area contributed by atoms with Crippen molar-refractivity contribution >= 4 is 0 Å². The molecule has 0 nitrogen and oxygen atoms in total. The molecule has 0 aromatic heterocycles. The van der Waals surface area contributed by atoms with Crippen molar-refractivity contribution in [3.8, 4) is 0 Å². The van der Waals surface area contributed by atoms with Gasteiger partial charge in [0.2, 0.25) is 0 Å². The van der Waals surface area contributed by atoms with Crippen LogP contribution in [0.4, 0.5) is 0 Å². The van der Waals surface area contributed by atoms with Crippen LogP contribution in [0.3, 0.4) is 0 Å². The summed E-state index contributed by atoms with van der Waals surface area (Å²) in [6, 6.07) is 0. The third kappa shape index (κ3) is 200. The Hall–Kier alpha value is 4.42. The van der Waals surface area contributed by atoms with Gasteiger partial charge in [0.25, 0.3) is 0 Å². The van der Waals surface area contributed by atoms with Gasteiger partial charge >= 0.3 is 0 Å². The van der Waals surface area contributed by atoms with E-state index >= 15 is 0 Å². The molecule has 0 fully saturated rings. The van der Waals surface area contributed by atoms with Gasteiger partial charge in [-0.1, -0.05) is 55.4 Å². The zero-order valence-electron chi connectivity index (χ0n) is 27.9. The second kappa shape index (κ2) is 140. The van der Waals surface area contributed by atoms with E-state index in [0.29, 0.717) is 0 Å². The Bertz CT molecular complexity index is 98.1. The first-order valence-corrected chi connectivity index (χ1v) is 13.9. The van der Waals surface area contributed by atoms with Crippen LogP contribution in [0.15, 0.2) is 0 Å². The SMILES string of the molecule is CC.CC.CC.CC.[CH2-]CCC[CH-]C.[CH2-]CCC[CH-]C.[CH2-]CCC[CH-]C.[CH2-]CCC[CH-]C.[Y].[Y].[Y].[Y]. The summed E-state index contributed by atoms with van der Waals surface area (Å²) >= 11 is 0. The third-order valence-corrected chi connectivity index (χ3v) is 2.97. The molecule has 0 amide bonds. The smallest absolute Gasteiger partial charge is 0 e. The monoisotopic (exact) mass is 812 g/mol. The van der Waals surface area contributed by atoms with Gasteiger partial charge in [-0.3, -0.25) is 0 Å². The van der Waals surface area contributed by atoms with E-state index in [1.165, 1.54) is 51.4 Å². The van der Waals surface area contributed by atoms with Crippen molar-refractivity contribution in [1.29, 1.82) is 0 Å². The molecule has 0 rings (SSSR count). The minimum absolute atomic E-state index is 0. The van der Waals surface area contributed by atoms with E-state index in [-0.39, 0.29) is 131 Å². The van der Waals surface area contributed by atoms with Gasteiger partial charge in [-0.2, -0.15) is 79.1 Å². The fourth-order valence-corrected chi connectivity index (χ4v) is 1.39. The summed E-state index contributed by atoms with van der Waals surface area (Å²) < 4.78 is 0. The molecule has 0 bridgehead atoms. The van der Waals surface area contributed by atoms with Gasteiger partial charge < -0.3 is 53.4 Å². The minimum atomic E-state index is 0. The molecule has 0 saturated carbocycles. The van der Waals surface area contributed by atoms with Crippen molar-refractivity contribution in [3.63, 3.8) is 0 Å². The maximum absolute atomic E-state index is 3.70. The standard InChI is InChI=1S/4C6H12.4C2H6.4Y/c4*1-3-5-6-4-2;4*1-2;;;;/h4*4H,1,3,5-6H2,2H3;4*1-2H3;;;;/q4*-2;;;;;;;;. The molecule has 0 spiro atoms. The van der Waals surface area contributed by atoms with Gasteiger partial charge in [0.15, 0.2) is 0 Å². The van der Waals surface area contributed by atoms with Crippen molar-refractivity contribution in [3.05, 3.63) is 53.4 Å². The number of unbranched alkanes of at least 4 members (excludes halogenated alkanes) is 12. The summed E-state index contributed by atoms with van der Waals surface area (Å²) in [4.78, 5) is 0. The molecule has 0 N–H and O–H groups in total. The van der Waals surface area contributed by atoms with E-state index in [1.54, 1.807) is 0 Å². The first kappa shape index (κ1) is 77.8. The summed E-state index contributed by atoms with van der Waals surface area (Å²) in [6.45, 7) is 39.1. The maximum atomic E-state index is 3.70. The van der Waals surface area contributed by atoms with Gasteiger partial charge in [0.1, 0.15) is 0 Å². The fourth-order valence-electron chi connectivity index (χ4n) is 1.39. The number of hydrogen-bond acceptors (Lipinski definition) is 0. The normalized spacial score (nSPS) is 6.67. The summed E-state index contributed by atoms with van der Waals surface area (Å²) in [6.07, 6.45) is 22.9. The average Bonchev–Trinajstić information content (AvgIpc) is 2.89. The second-order valence-corrected chi connectivity index (χ2v) is 5.62. The topological polar surface area (TPSA) is 0 Å². The Labute approximate surface area is 339 Å². The summed E-state index contributed by atoms with van der Waals surface area (Å²) in [5, 5.41) is 0. The number of hydrogen-bond donors (Lipinski definition) is 0. The molecule has 0 atom stereocenters. The summed E-state index contributed by atoms with van der Waals surface area (Å²) in [5.41, 5.74) is 0. The average molecular weight is 813 g/mol. The third-order valence-electron chi connectivity index (χ3n) is 2.97. The van der Waals surface area contributed by atoms with Crippen LogP contribution in [0.5, 0.6) is 0 Å². The van der Waals surface area contributed by atoms with Crippen molar-refractivity contribution in [2.24, 2.45) is 0 Å². The van der Waals surface area contributed by atoms with Crippen LogP contribution < -0.4 is 0 Å². The van der Waals surface area contributed by atoms with Crippen LogP contribution >= 0.6 is 0 Å². The van der Waals surface area contributed by atoms with Crippen molar-refractivity contribution in [2.45, 2.75) is 160 Å². The molecule has 0 saturated heterocycles. The zero-order chi connectivity index (χ0) is 27.3. The predicted molar refractivity (Wildman–Crippen MR) is 162 cm³/mol. The van der Waals surface area contributed by atoms with E-state index in [9.17, 15) is 0 Å². The van der Waals surface area contributed by atoms with Crippen molar-refractivity contribution < 1.29 is 131 Å². The molecule has 0 aliphatic carbocycles.